The molecule has 1 aliphatic heterocycles. The Kier molecular flexibility index (Phi) is 4.35. The minimum absolute atomic E-state index is 0.0407. The van der Waals surface area contributed by atoms with E-state index < -0.39 is 0 Å². The van der Waals surface area contributed by atoms with Crippen molar-refractivity contribution < 1.29 is 0 Å². The van der Waals surface area contributed by atoms with Crippen molar-refractivity contribution in [2.24, 2.45) is 11.1 Å². The molecule has 3 nitrogen and oxygen atoms in total. The van der Waals surface area contributed by atoms with E-state index in [-0.39, 0.29) is 5.41 Å². The summed E-state index contributed by atoms with van der Waals surface area (Å²) in [6.07, 6.45) is 3.93. The molecular weight excluding hydrogens is 310 g/mol. The molecule has 0 aliphatic carbocycles. The molecule has 0 bridgehead atoms. The van der Waals surface area contributed by atoms with Gasteiger partial charge in [-0.05, 0) is 54.0 Å². The molecule has 5 heteroatoms. The standard InChI is InChI=1S/C13H18BrN3S/c1-13(12(15)18)4-6-17(7-5-13)9-11-3-2-10(14)8-16-11/h2-3,8H,4-7,9H2,1H3,(H2,15,18). The van der Waals surface area contributed by atoms with Crippen LogP contribution >= 0.6 is 28.1 Å². The number of thiocarbonyl (C=S) groups is 1. The number of rotatable bonds is 3. The Morgan fingerprint density at radius 3 is 2.67 bits per heavy atom. The van der Waals surface area contributed by atoms with Crippen LogP contribution in [-0.2, 0) is 6.54 Å². The summed E-state index contributed by atoms with van der Waals surface area (Å²) in [4.78, 5) is 7.47. The van der Waals surface area contributed by atoms with Crippen molar-refractivity contribution in [3.8, 4) is 0 Å². The van der Waals surface area contributed by atoms with Gasteiger partial charge in [0, 0.05) is 22.6 Å². The molecule has 2 rings (SSSR count). The molecule has 0 aromatic carbocycles. The number of hydrogen-bond donors (Lipinski definition) is 1. The Hall–Kier alpha value is -0.520. The maximum atomic E-state index is 5.81. The van der Waals surface area contributed by atoms with Gasteiger partial charge in [-0.1, -0.05) is 19.1 Å². The van der Waals surface area contributed by atoms with Gasteiger partial charge in [0.1, 0.15) is 0 Å². The number of hydrogen-bond acceptors (Lipinski definition) is 3. The highest BCUT2D eigenvalue weighted by atomic mass is 79.9. The van der Waals surface area contributed by atoms with E-state index in [0.29, 0.717) is 4.99 Å². The van der Waals surface area contributed by atoms with Gasteiger partial charge in [-0.15, -0.1) is 0 Å². The number of nitrogens with two attached hydrogens (primary N) is 1. The zero-order chi connectivity index (χ0) is 13.2. The average molecular weight is 328 g/mol. The summed E-state index contributed by atoms with van der Waals surface area (Å²) in [7, 11) is 0. The highest BCUT2D eigenvalue weighted by Crippen LogP contribution is 2.31. The Balaban J connectivity index is 1.91. The van der Waals surface area contributed by atoms with E-state index in [9.17, 15) is 0 Å². The van der Waals surface area contributed by atoms with Crippen LogP contribution in [0.5, 0.6) is 0 Å². The van der Waals surface area contributed by atoms with Crippen LogP contribution in [-0.4, -0.2) is 28.0 Å². The lowest BCUT2D eigenvalue weighted by molar-refractivity contribution is 0.156. The zero-order valence-corrected chi connectivity index (χ0v) is 12.9. The molecule has 1 aromatic heterocycles. The summed E-state index contributed by atoms with van der Waals surface area (Å²) < 4.78 is 1.02. The fourth-order valence-corrected chi connectivity index (χ4v) is 2.62. The van der Waals surface area contributed by atoms with Crippen LogP contribution in [0.25, 0.3) is 0 Å². The van der Waals surface area contributed by atoms with Gasteiger partial charge in [0.25, 0.3) is 0 Å². The van der Waals surface area contributed by atoms with Gasteiger partial charge in [0.15, 0.2) is 0 Å². The summed E-state index contributed by atoms with van der Waals surface area (Å²) in [5.74, 6) is 0. The van der Waals surface area contributed by atoms with E-state index in [0.717, 1.165) is 42.6 Å². The van der Waals surface area contributed by atoms with Crippen molar-refractivity contribution in [2.45, 2.75) is 26.3 Å². The highest BCUT2D eigenvalue weighted by Gasteiger charge is 2.32. The molecule has 98 valence electrons. The van der Waals surface area contributed by atoms with Gasteiger partial charge >= 0.3 is 0 Å². The third-order valence-electron chi connectivity index (χ3n) is 3.73. The van der Waals surface area contributed by atoms with Crippen LogP contribution in [0.1, 0.15) is 25.5 Å². The summed E-state index contributed by atoms with van der Waals surface area (Å²) in [6, 6.07) is 4.09. The second-order valence-electron chi connectivity index (χ2n) is 5.17. The topological polar surface area (TPSA) is 42.1 Å². The van der Waals surface area contributed by atoms with Crippen molar-refractivity contribution in [2.75, 3.05) is 13.1 Å². The molecule has 1 fully saturated rings. The maximum Gasteiger partial charge on any atom is 0.0788 e. The highest BCUT2D eigenvalue weighted by molar-refractivity contribution is 9.10. The molecule has 2 heterocycles. The van der Waals surface area contributed by atoms with Crippen LogP contribution in [0.2, 0.25) is 0 Å². The molecule has 0 spiro atoms. The van der Waals surface area contributed by atoms with E-state index >= 15 is 0 Å². The predicted molar refractivity (Wildman–Crippen MR) is 81.3 cm³/mol. The molecule has 1 aromatic rings. The lowest BCUT2D eigenvalue weighted by atomic mass is 9.80. The number of halogens is 1. The summed E-state index contributed by atoms with van der Waals surface area (Å²) in [6.45, 7) is 5.14. The second kappa shape index (κ2) is 5.63. The van der Waals surface area contributed by atoms with Crippen molar-refractivity contribution in [3.05, 3.63) is 28.5 Å². The molecule has 0 radical (unpaired) electrons. The fraction of sp³-hybridized carbons (Fsp3) is 0.538. The van der Waals surface area contributed by atoms with E-state index in [4.69, 9.17) is 18.0 Å². The molecule has 0 unspecified atom stereocenters. The van der Waals surface area contributed by atoms with Gasteiger partial charge in [0.2, 0.25) is 0 Å². The van der Waals surface area contributed by atoms with Gasteiger partial charge in [-0.3, -0.25) is 9.88 Å². The Bertz CT molecular complexity index is 424. The van der Waals surface area contributed by atoms with Crippen LogP contribution in [0.3, 0.4) is 0 Å². The number of likely N-dealkylation sites (tertiary alicyclic amines) is 1. The first-order chi connectivity index (χ1) is 8.49. The molecule has 0 atom stereocenters. The molecule has 1 saturated heterocycles. The Morgan fingerprint density at radius 2 is 2.17 bits per heavy atom. The van der Waals surface area contributed by atoms with E-state index in [1.165, 1.54) is 0 Å². The van der Waals surface area contributed by atoms with Gasteiger partial charge in [-0.25, -0.2) is 0 Å². The van der Waals surface area contributed by atoms with Gasteiger partial charge in [-0.2, -0.15) is 0 Å². The number of aromatic nitrogens is 1. The second-order valence-corrected chi connectivity index (χ2v) is 6.52. The van der Waals surface area contributed by atoms with Gasteiger partial charge in [0.05, 0.1) is 10.7 Å². The third-order valence-corrected chi connectivity index (χ3v) is 4.69. The number of nitrogens with zero attached hydrogens (tertiary/aromatic N) is 2. The zero-order valence-electron chi connectivity index (χ0n) is 10.5. The van der Waals surface area contributed by atoms with Crippen LogP contribution < -0.4 is 5.73 Å². The smallest absolute Gasteiger partial charge is 0.0788 e. The van der Waals surface area contributed by atoms with E-state index in [2.05, 4.69) is 38.8 Å². The molecule has 0 amide bonds. The average Bonchev–Trinajstić information content (AvgIpc) is 2.35. The van der Waals surface area contributed by atoms with Crippen LogP contribution in [0, 0.1) is 5.41 Å². The predicted octanol–water partition coefficient (Wildman–Crippen LogP) is 2.73. The first-order valence-electron chi connectivity index (χ1n) is 6.12. The summed E-state index contributed by atoms with van der Waals surface area (Å²) >= 11 is 8.55. The lowest BCUT2D eigenvalue weighted by Crippen LogP contribution is -2.44. The largest absolute Gasteiger partial charge is 0.393 e. The first-order valence-corrected chi connectivity index (χ1v) is 7.32. The van der Waals surface area contributed by atoms with E-state index in [1.807, 2.05) is 12.3 Å². The van der Waals surface area contributed by atoms with Crippen molar-refractivity contribution in [1.82, 2.24) is 9.88 Å². The Morgan fingerprint density at radius 1 is 1.50 bits per heavy atom. The SMILES string of the molecule is CC1(C(N)=S)CCN(Cc2ccc(Br)cn2)CC1. The van der Waals surface area contributed by atoms with Gasteiger partial charge < -0.3 is 5.73 Å². The molecule has 0 saturated carbocycles. The van der Waals surface area contributed by atoms with E-state index in [1.54, 1.807) is 0 Å². The minimum atomic E-state index is 0.0407. The van der Waals surface area contributed by atoms with Crippen LogP contribution in [0.4, 0.5) is 0 Å². The molecular formula is C13H18BrN3S. The molecule has 2 N–H and O–H groups in total. The minimum Gasteiger partial charge on any atom is -0.393 e. The fourth-order valence-electron chi connectivity index (χ4n) is 2.18. The van der Waals surface area contributed by atoms with Crippen molar-refractivity contribution in [1.29, 1.82) is 0 Å². The Labute approximate surface area is 122 Å². The monoisotopic (exact) mass is 327 g/mol. The normalized spacial score (nSPS) is 19.7. The molecule has 1 aliphatic rings. The first kappa shape index (κ1) is 13.9. The summed E-state index contributed by atoms with van der Waals surface area (Å²) in [5, 5.41) is 0. The molecule has 18 heavy (non-hydrogen) atoms. The number of pyridine rings is 1. The third kappa shape index (κ3) is 3.28. The maximum absolute atomic E-state index is 5.81. The quantitative estimate of drug-likeness (QED) is 0.867. The van der Waals surface area contributed by atoms with Crippen LogP contribution in [0.15, 0.2) is 22.8 Å². The lowest BCUT2D eigenvalue weighted by Gasteiger charge is -2.38. The van der Waals surface area contributed by atoms with Crippen molar-refractivity contribution in [3.63, 3.8) is 0 Å². The summed E-state index contributed by atoms with van der Waals surface area (Å²) in [5.41, 5.74) is 6.96. The number of piperidine rings is 1. The van der Waals surface area contributed by atoms with Crippen molar-refractivity contribution >= 4 is 33.1 Å².